The van der Waals surface area contributed by atoms with Crippen molar-refractivity contribution in [3.8, 4) is 0 Å². The molecule has 4 nitrogen and oxygen atoms in total. The number of aliphatic hydroxyl groups excluding tert-OH is 1. The van der Waals surface area contributed by atoms with Crippen LogP contribution >= 0.6 is 0 Å². The van der Waals surface area contributed by atoms with Crippen LogP contribution in [0.1, 0.15) is 27.7 Å². The molecule has 72 valence electrons. The summed E-state index contributed by atoms with van der Waals surface area (Å²) < 4.78 is 4.94. The molecule has 0 spiro atoms. The van der Waals surface area contributed by atoms with Crippen molar-refractivity contribution in [2.24, 2.45) is 5.73 Å². The first-order valence-electron chi connectivity index (χ1n) is 3.90. The van der Waals surface area contributed by atoms with E-state index in [-0.39, 0.29) is 0 Å². The van der Waals surface area contributed by atoms with Gasteiger partial charge in [-0.15, -0.1) is 0 Å². The molecule has 0 aromatic rings. The van der Waals surface area contributed by atoms with Gasteiger partial charge in [-0.25, -0.2) is 0 Å². The van der Waals surface area contributed by atoms with E-state index in [9.17, 15) is 4.79 Å². The molecule has 0 saturated heterocycles. The van der Waals surface area contributed by atoms with Crippen LogP contribution in [0.3, 0.4) is 0 Å². The van der Waals surface area contributed by atoms with E-state index in [0.717, 1.165) is 0 Å². The maximum atomic E-state index is 11.1. The summed E-state index contributed by atoms with van der Waals surface area (Å²) in [5.74, 6) is -0.572. The average molecular weight is 175 g/mol. The first-order valence-corrected chi connectivity index (χ1v) is 3.90. The van der Waals surface area contributed by atoms with Crippen molar-refractivity contribution in [3.05, 3.63) is 0 Å². The predicted octanol–water partition coefficient (Wildman–Crippen LogP) is 0.0362. The number of hydrogen-bond acceptors (Lipinski definition) is 4. The van der Waals surface area contributed by atoms with Gasteiger partial charge in [0, 0.05) is 0 Å². The first kappa shape index (κ1) is 11.4. The maximum absolute atomic E-state index is 11.1. The highest BCUT2D eigenvalue weighted by molar-refractivity contribution is 5.76. The Morgan fingerprint density at radius 1 is 1.50 bits per heavy atom. The van der Waals surface area contributed by atoms with E-state index >= 15 is 0 Å². The second kappa shape index (κ2) is 3.87. The van der Waals surface area contributed by atoms with Crippen molar-refractivity contribution < 1.29 is 14.6 Å². The summed E-state index contributed by atoms with van der Waals surface area (Å²) in [6.45, 7) is 6.70. The van der Waals surface area contributed by atoms with Crippen molar-refractivity contribution in [3.63, 3.8) is 0 Å². The third-order valence-electron chi connectivity index (χ3n) is 1.20. The molecule has 4 heteroatoms. The minimum absolute atomic E-state index is 0.552. The molecular weight excluding hydrogens is 158 g/mol. The van der Waals surface area contributed by atoms with E-state index in [1.165, 1.54) is 6.92 Å². The zero-order valence-corrected chi connectivity index (χ0v) is 8.00. The van der Waals surface area contributed by atoms with E-state index in [1.54, 1.807) is 20.8 Å². The van der Waals surface area contributed by atoms with Gasteiger partial charge in [-0.1, -0.05) is 0 Å². The fourth-order valence-corrected chi connectivity index (χ4v) is 0.567. The van der Waals surface area contributed by atoms with Crippen LogP contribution in [0, 0.1) is 0 Å². The van der Waals surface area contributed by atoms with Crippen molar-refractivity contribution in [1.82, 2.24) is 0 Å². The Hall–Kier alpha value is -0.610. The molecule has 12 heavy (non-hydrogen) atoms. The molecule has 0 aliphatic heterocycles. The highest BCUT2D eigenvalue weighted by Crippen LogP contribution is 2.08. The number of nitrogens with two attached hydrogens (primary N) is 1. The van der Waals surface area contributed by atoms with Crippen LogP contribution in [-0.2, 0) is 9.53 Å². The summed E-state index contributed by atoms with van der Waals surface area (Å²) in [7, 11) is 0. The molecule has 0 bridgehead atoms. The van der Waals surface area contributed by atoms with E-state index in [0.29, 0.717) is 0 Å². The largest absolute Gasteiger partial charge is 0.459 e. The van der Waals surface area contributed by atoms with Gasteiger partial charge in [0.15, 0.2) is 0 Å². The zero-order chi connectivity index (χ0) is 9.94. The lowest BCUT2D eigenvalue weighted by molar-refractivity contribution is -0.158. The number of aliphatic hydroxyl groups is 1. The number of esters is 1. The zero-order valence-electron chi connectivity index (χ0n) is 8.00. The van der Waals surface area contributed by atoms with Crippen LogP contribution in [0.2, 0.25) is 0 Å². The second-order valence-corrected chi connectivity index (χ2v) is 3.80. The lowest BCUT2D eigenvalue weighted by Crippen LogP contribution is -2.44. The fraction of sp³-hybridized carbons (Fsp3) is 0.875. The summed E-state index contributed by atoms with van der Waals surface area (Å²) in [5.41, 5.74) is 4.79. The van der Waals surface area contributed by atoms with Crippen LogP contribution < -0.4 is 5.73 Å². The van der Waals surface area contributed by atoms with Crippen LogP contribution in [-0.4, -0.2) is 28.8 Å². The van der Waals surface area contributed by atoms with Gasteiger partial charge in [-0.3, -0.25) is 4.79 Å². The third kappa shape index (κ3) is 4.31. The molecule has 1 unspecified atom stereocenters. The normalized spacial score (nSPS) is 16.8. The maximum Gasteiger partial charge on any atom is 0.326 e. The number of ether oxygens (including phenoxy) is 1. The fourth-order valence-electron chi connectivity index (χ4n) is 0.567. The molecule has 0 aromatic carbocycles. The topological polar surface area (TPSA) is 72.5 Å². The summed E-state index contributed by atoms with van der Waals surface area (Å²) >= 11 is 0. The van der Waals surface area contributed by atoms with E-state index in [1.807, 2.05) is 0 Å². The van der Waals surface area contributed by atoms with Crippen molar-refractivity contribution in [1.29, 1.82) is 0 Å². The monoisotopic (exact) mass is 175 g/mol. The quantitative estimate of drug-likeness (QED) is 0.581. The summed E-state index contributed by atoms with van der Waals surface area (Å²) in [5, 5.41) is 8.96. The van der Waals surface area contributed by atoms with E-state index in [4.69, 9.17) is 15.6 Å². The van der Waals surface area contributed by atoms with Gasteiger partial charge in [-0.2, -0.15) is 0 Å². The lowest BCUT2D eigenvalue weighted by atomic mass is 10.1. The molecular formula is C8H17NO3. The molecule has 3 N–H and O–H groups in total. The SMILES string of the molecule is CC(O)[C@@H](N)C(=O)OC(C)(C)C. The van der Waals surface area contributed by atoms with Crippen LogP contribution in [0.15, 0.2) is 0 Å². The van der Waals surface area contributed by atoms with Gasteiger partial charge in [0.05, 0.1) is 6.10 Å². The van der Waals surface area contributed by atoms with Crippen molar-refractivity contribution in [2.75, 3.05) is 0 Å². The predicted molar refractivity (Wildman–Crippen MR) is 45.5 cm³/mol. The van der Waals surface area contributed by atoms with Crippen molar-refractivity contribution in [2.45, 2.75) is 45.4 Å². The number of hydrogen-bond donors (Lipinski definition) is 2. The first-order chi connectivity index (χ1) is 5.24. The Morgan fingerprint density at radius 2 is 1.92 bits per heavy atom. The van der Waals surface area contributed by atoms with E-state index < -0.39 is 23.7 Å². The molecule has 0 aliphatic carbocycles. The molecule has 0 amide bonds. The molecule has 0 heterocycles. The molecule has 2 atom stereocenters. The molecule has 0 fully saturated rings. The van der Waals surface area contributed by atoms with Crippen molar-refractivity contribution >= 4 is 5.97 Å². The van der Waals surface area contributed by atoms with Gasteiger partial charge in [-0.05, 0) is 27.7 Å². The Morgan fingerprint density at radius 3 is 2.17 bits per heavy atom. The third-order valence-corrected chi connectivity index (χ3v) is 1.20. The highest BCUT2D eigenvalue weighted by atomic mass is 16.6. The van der Waals surface area contributed by atoms with Crippen LogP contribution in [0.25, 0.3) is 0 Å². The minimum atomic E-state index is -0.954. The summed E-state index contributed by atoms with van der Waals surface area (Å²) in [4.78, 5) is 11.1. The average Bonchev–Trinajstić information content (AvgIpc) is 1.82. The van der Waals surface area contributed by atoms with Crippen LogP contribution in [0.5, 0.6) is 0 Å². The smallest absolute Gasteiger partial charge is 0.326 e. The van der Waals surface area contributed by atoms with Gasteiger partial charge in [0.1, 0.15) is 11.6 Å². The molecule has 0 aliphatic rings. The lowest BCUT2D eigenvalue weighted by Gasteiger charge is -2.23. The Labute approximate surface area is 72.7 Å². The Balaban J connectivity index is 4.05. The number of rotatable bonds is 2. The summed E-state index contributed by atoms with van der Waals surface area (Å²) in [6.07, 6.45) is -0.875. The summed E-state index contributed by atoms with van der Waals surface area (Å²) in [6, 6.07) is -0.954. The molecule has 0 saturated carbocycles. The minimum Gasteiger partial charge on any atom is -0.459 e. The second-order valence-electron chi connectivity index (χ2n) is 3.80. The van der Waals surface area contributed by atoms with Gasteiger partial charge in [0.2, 0.25) is 0 Å². The van der Waals surface area contributed by atoms with Gasteiger partial charge < -0.3 is 15.6 Å². The standard InChI is InChI=1S/C8H17NO3/c1-5(10)6(9)7(11)12-8(2,3)4/h5-6,10H,9H2,1-4H3/t5?,6-/m1/s1. The molecule has 0 radical (unpaired) electrons. The highest BCUT2D eigenvalue weighted by Gasteiger charge is 2.25. The Kier molecular flexibility index (Phi) is 3.67. The number of carbonyl (C=O) groups is 1. The van der Waals surface area contributed by atoms with Gasteiger partial charge >= 0.3 is 5.97 Å². The van der Waals surface area contributed by atoms with Crippen LogP contribution in [0.4, 0.5) is 0 Å². The van der Waals surface area contributed by atoms with E-state index in [2.05, 4.69) is 0 Å². The molecule has 0 rings (SSSR count). The Bertz CT molecular complexity index is 160. The van der Waals surface area contributed by atoms with Gasteiger partial charge in [0.25, 0.3) is 0 Å². The molecule has 0 aromatic heterocycles. The number of carbonyl (C=O) groups excluding carboxylic acids is 1.